The highest BCUT2D eigenvalue weighted by Gasteiger charge is 2.29. The van der Waals surface area contributed by atoms with Gasteiger partial charge in [0.15, 0.2) is 0 Å². The van der Waals surface area contributed by atoms with E-state index in [0.717, 1.165) is 0 Å². The number of rotatable bonds is 5. The van der Waals surface area contributed by atoms with E-state index in [1.807, 2.05) is 13.8 Å². The summed E-state index contributed by atoms with van der Waals surface area (Å²) in [5, 5.41) is 47.8. The molecule has 6 atom stereocenters. The number of nitrogens with one attached hydrogen (secondary N) is 2. The summed E-state index contributed by atoms with van der Waals surface area (Å²) in [7, 11) is 2.93. The van der Waals surface area contributed by atoms with Crippen molar-refractivity contribution in [1.29, 1.82) is 0 Å². The fourth-order valence-electron chi connectivity index (χ4n) is 4.94. The van der Waals surface area contributed by atoms with Crippen molar-refractivity contribution in [2.24, 2.45) is 16.8 Å². The summed E-state index contributed by atoms with van der Waals surface area (Å²) in [6.07, 6.45) is 6.36. The Morgan fingerprint density at radius 3 is 2.50 bits per heavy atom. The molecule has 230 valence electrons. The maximum Gasteiger partial charge on any atom is 0.405 e. The van der Waals surface area contributed by atoms with Crippen LogP contribution in [0.5, 0.6) is 11.5 Å². The van der Waals surface area contributed by atoms with Crippen LogP contribution < -0.4 is 10.6 Å². The van der Waals surface area contributed by atoms with Crippen LogP contribution in [0, 0.1) is 11.8 Å². The Kier molecular flexibility index (Phi) is 13.0. The zero-order chi connectivity index (χ0) is 31.6. The van der Waals surface area contributed by atoms with Crippen molar-refractivity contribution < 1.29 is 39.5 Å². The van der Waals surface area contributed by atoms with Gasteiger partial charge >= 0.3 is 6.09 Å². The SMILES string of the molecule is C=CC=Nc1c(O)cc2c(O)c1C[C@@H](C)C[C@H](OC)[C@H](O)[C@@H](C)C=C(C)[C@H](NC(=O)O)[C@@H](OC)C=CC=C(C)C(=O)N2. The van der Waals surface area contributed by atoms with Gasteiger partial charge in [0.05, 0.1) is 30.0 Å². The van der Waals surface area contributed by atoms with Crippen LogP contribution in [-0.4, -0.2) is 77.2 Å². The maximum absolute atomic E-state index is 13.0. The number of aromatic hydroxyl groups is 2. The van der Waals surface area contributed by atoms with Gasteiger partial charge in [0.1, 0.15) is 17.2 Å². The van der Waals surface area contributed by atoms with Crippen molar-refractivity contribution in [3.8, 4) is 11.5 Å². The number of amides is 2. The monoisotopic (exact) mass is 585 g/mol. The van der Waals surface area contributed by atoms with E-state index in [4.69, 9.17) is 9.47 Å². The van der Waals surface area contributed by atoms with Gasteiger partial charge in [-0.1, -0.05) is 56.4 Å². The summed E-state index contributed by atoms with van der Waals surface area (Å²) in [6, 6.07) is 0.447. The van der Waals surface area contributed by atoms with Crippen molar-refractivity contribution in [1.82, 2.24) is 5.32 Å². The number of hydrogen-bond acceptors (Lipinski definition) is 8. The number of methoxy groups -OCH3 is 2. The van der Waals surface area contributed by atoms with Gasteiger partial charge in [-0.05, 0) is 32.6 Å². The van der Waals surface area contributed by atoms with E-state index >= 15 is 0 Å². The summed E-state index contributed by atoms with van der Waals surface area (Å²) in [4.78, 5) is 28.8. The van der Waals surface area contributed by atoms with Gasteiger partial charge in [0.25, 0.3) is 5.91 Å². The molecule has 0 aliphatic carbocycles. The Morgan fingerprint density at radius 1 is 1.21 bits per heavy atom. The topological polar surface area (TPSA) is 170 Å². The van der Waals surface area contributed by atoms with Crippen LogP contribution in [0.25, 0.3) is 0 Å². The average Bonchev–Trinajstić information content (AvgIpc) is 2.94. The molecule has 0 radical (unpaired) electrons. The zero-order valence-electron chi connectivity index (χ0n) is 25.0. The lowest BCUT2D eigenvalue weighted by molar-refractivity contribution is -0.112. The van der Waals surface area contributed by atoms with Gasteiger partial charge in [0, 0.05) is 43.6 Å². The van der Waals surface area contributed by atoms with Gasteiger partial charge in [-0.15, -0.1) is 0 Å². The molecule has 2 rings (SSSR count). The van der Waals surface area contributed by atoms with Crippen molar-refractivity contribution in [2.45, 2.75) is 64.9 Å². The molecule has 0 saturated carbocycles. The van der Waals surface area contributed by atoms with Crippen LogP contribution in [0.4, 0.5) is 16.2 Å². The molecule has 0 saturated heterocycles. The molecule has 1 heterocycles. The summed E-state index contributed by atoms with van der Waals surface area (Å²) >= 11 is 0. The van der Waals surface area contributed by atoms with E-state index in [9.17, 15) is 30.0 Å². The number of ether oxygens (including phenoxy) is 2. The molecule has 0 spiro atoms. The Balaban J connectivity index is 2.69. The number of fused-ring (bicyclic) bond motifs is 2. The van der Waals surface area contributed by atoms with Crippen molar-refractivity contribution in [3.63, 3.8) is 0 Å². The number of allylic oxidation sites excluding steroid dienone is 3. The molecule has 0 fully saturated rings. The van der Waals surface area contributed by atoms with E-state index in [-0.39, 0.29) is 40.8 Å². The number of nitrogens with zero attached hydrogens (tertiary/aromatic N) is 1. The van der Waals surface area contributed by atoms with Crippen LogP contribution >= 0.6 is 0 Å². The molecule has 0 aromatic heterocycles. The van der Waals surface area contributed by atoms with Crippen LogP contribution in [-0.2, 0) is 20.7 Å². The lowest BCUT2D eigenvalue weighted by Crippen LogP contribution is -2.44. The first kappa shape index (κ1) is 34.3. The number of carbonyl (C=O) groups excluding carboxylic acids is 1. The summed E-state index contributed by atoms with van der Waals surface area (Å²) in [5.74, 6) is -1.62. The number of anilines is 1. The normalized spacial score (nSPS) is 26.3. The second kappa shape index (κ2) is 15.9. The summed E-state index contributed by atoms with van der Waals surface area (Å²) in [5.41, 5.74) is 1.36. The summed E-state index contributed by atoms with van der Waals surface area (Å²) in [6.45, 7) is 10.6. The minimum absolute atomic E-state index is 0.00385. The van der Waals surface area contributed by atoms with Crippen molar-refractivity contribution in [3.05, 3.63) is 59.7 Å². The van der Waals surface area contributed by atoms with Gasteiger partial charge in [-0.3, -0.25) is 9.79 Å². The molecule has 2 bridgehead atoms. The Bertz CT molecular complexity index is 1250. The largest absolute Gasteiger partial charge is 0.506 e. The molecule has 1 aromatic carbocycles. The maximum atomic E-state index is 13.0. The first-order valence-electron chi connectivity index (χ1n) is 13.6. The molecule has 11 heteroatoms. The third-order valence-electron chi connectivity index (χ3n) is 7.22. The smallest absolute Gasteiger partial charge is 0.405 e. The number of benzene rings is 1. The highest BCUT2D eigenvalue weighted by Crippen LogP contribution is 2.44. The van der Waals surface area contributed by atoms with E-state index in [2.05, 4.69) is 22.2 Å². The standard InChI is InChI=1S/C31H43N3O8/c1-8-12-32-27-21-13-17(2)14-25(42-7)28(36)20(5)15-19(4)26(34-31(39)40)24(41-6)11-9-10-18(3)30(38)33-22(29(21)37)16-23(27)35/h8-12,15-17,20,24-26,28,34-37H,1,13-14H2,2-7H3,(H,33,38)(H,39,40)/t17-,20+,24+,25+,26+,28-/m1/s1. The number of phenolic OH excluding ortho intramolecular Hbond substituents is 2. The van der Waals surface area contributed by atoms with Crippen molar-refractivity contribution >= 4 is 29.6 Å². The molecule has 42 heavy (non-hydrogen) atoms. The van der Waals surface area contributed by atoms with Gasteiger partial charge in [-0.25, -0.2) is 4.79 Å². The predicted octanol–water partition coefficient (Wildman–Crippen LogP) is 4.62. The number of aliphatic hydroxyl groups excluding tert-OH is 1. The Morgan fingerprint density at radius 2 is 1.90 bits per heavy atom. The molecule has 1 aliphatic rings. The first-order valence-corrected chi connectivity index (χ1v) is 13.6. The highest BCUT2D eigenvalue weighted by atomic mass is 16.5. The molecule has 1 aliphatic heterocycles. The number of aliphatic imine (C=N–C) groups is 1. The predicted molar refractivity (Wildman–Crippen MR) is 163 cm³/mol. The molecular weight excluding hydrogens is 542 g/mol. The quantitative estimate of drug-likeness (QED) is 0.126. The van der Waals surface area contributed by atoms with Crippen LogP contribution in [0.3, 0.4) is 0 Å². The molecule has 6 N–H and O–H groups in total. The Hall–Kier alpha value is -3.93. The fourth-order valence-corrected chi connectivity index (χ4v) is 4.94. The van der Waals surface area contributed by atoms with Crippen LogP contribution in [0.2, 0.25) is 0 Å². The highest BCUT2D eigenvalue weighted by molar-refractivity contribution is 6.04. The summed E-state index contributed by atoms with van der Waals surface area (Å²) < 4.78 is 11.2. The lowest BCUT2D eigenvalue weighted by Gasteiger charge is -2.30. The second-order valence-electron chi connectivity index (χ2n) is 10.5. The molecule has 1 aromatic rings. The van der Waals surface area contributed by atoms with Crippen molar-refractivity contribution in [2.75, 3.05) is 19.5 Å². The minimum Gasteiger partial charge on any atom is -0.506 e. The average molecular weight is 586 g/mol. The number of hydrogen-bond donors (Lipinski definition) is 6. The number of aliphatic hydroxyl groups is 1. The number of carboxylic acid groups (broad SMARTS) is 1. The first-order chi connectivity index (χ1) is 19.8. The van der Waals surface area contributed by atoms with E-state index < -0.39 is 42.3 Å². The van der Waals surface area contributed by atoms with Crippen LogP contribution in [0.15, 0.2) is 59.2 Å². The van der Waals surface area contributed by atoms with Gasteiger partial charge in [0.2, 0.25) is 0 Å². The minimum atomic E-state index is -1.24. The van der Waals surface area contributed by atoms with E-state index in [1.165, 1.54) is 38.7 Å². The second-order valence-corrected chi connectivity index (χ2v) is 10.5. The number of phenols is 2. The zero-order valence-corrected chi connectivity index (χ0v) is 25.0. The van der Waals surface area contributed by atoms with Gasteiger partial charge < -0.3 is 40.5 Å². The fraction of sp³-hybridized carbons (Fsp3) is 0.452. The van der Waals surface area contributed by atoms with Gasteiger partial charge in [-0.2, -0.15) is 0 Å². The third kappa shape index (κ3) is 9.04. The molecule has 0 unspecified atom stereocenters. The lowest BCUT2D eigenvalue weighted by atomic mass is 9.87. The molecule has 2 amide bonds. The molecular formula is C31H43N3O8. The van der Waals surface area contributed by atoms with E-state index in [1.54, 1.807) is 32.1 Å². The van der Waals surface area contributed by atoms with Crippen LogP contribution in [0.1, 0.15) is 39.7 Å². The molecule has 11 nitrogen and oxygen atoms in total. The van der Waals surface area contributed by atoms with E-state index in [0.29, 0.717) is 17.6 Å². The third-order valence-corrected chi connectivity index (χ3v) is 7.22. The Labute approximate surface area is 247 Å². The number of carbonyl (C=O) groups is 2.